The third kappa shape index (κ3) is 3.21. The molecule has 0 spiro atoms. The predicted molar refractivity (Wildman–Crippen MR) is 187 cm³/mol. The highest BCUT2D eigenvalue weighted by Crippen LogP contribution is 2.46. The van der Waals surface area contributed by atoms with Gasteiger partial charge in [-0.1, -0.05) is 113 Å². The predicted octanol–water partition coefficient (Wildman–Crippen LogP) is 10.9. The van der Waals surface area contributed by atoms with Crippen molar-refractivity contribution in [3.8, 4) is 0 Å². The molecule has 6 aromatic carbocycles. The van der Waals surface area contributed by atoms with Gasteiger partial charge in [-0.3, -0.25) is 4.99 Å². The summed E-state index contributed by atoms with van der Waals surface area (Å²) in [7, 11) is 0. The van der Waals surface area contributed by atoms with Crippen LogP contribution in [0.3, 0.4) is 0 Å². The van der Waals surface area contributed by atoms with Crippen molar-refractivity contribution in [2.75, 3.05) is 5.32 Å². The van der Waals surface area contributed by atoms with Crippen LogP contribution < -0.4 is 5.32 Å². The van der Waals surface area contributed by atoms with E-state index in [4.69, 9.17) is 4.99 Å². The molecule has 3 aromatic heterocycles. The number of aromatic nitrogens is 1. The van der Waals surface area contributed by atoms with Crippen LogP contribution in [0.2, 0.25) is 0 Å². The van der Waals surface area contributed by atoms with Crippen molar-refractivity contribution in [1.82, 2.24) is 4.40 Å². The quantitative estimate of drug-likeness (QED) is 0.149. The summed E-state index contributed by atoms with van der Waals surface area (Å²) >= 11 is 5.70. The number of nitrogens with zero attached hydrogens (tertiary/aromatic N) is 2. The molecule has 5 heteroatoms. The molecule has 0 fully saturated rings. The van der Waals surface area contributed by atoms with Crippen LogP contribution in [0.4, 0.5) is 5.69 Å². The zero-order valence-corrected chi connectivity index (χ0v) is 25.2. The van der Waals surface area contributed by atoms with Crippen LogP contribution >= 0.6 is 27.3 Å². The number of fused-ring (bicyclic) bond motifs is 9. The highest BCUT2D eigenvalue weighted by molar-refractivity contribution is 9.10. The average molecular weight is 633 g/mol. The number of nitrogens with one attached hydrogen (secondary N) is 1. The number of benzene rings is 6. The third-order valence-corrected chi connectivity index (χ3v) is 10.9. The summed E-state index contributed by atoms with van der Waals surface area (Å²) < 4.78 is 4.87. The number of para-hydroxylation sites is 1. The fraction of sp³-hybridized carbons (Fsp3) is 0.0263. The van der Waals surface area contributed by atoms with E-state index >= 15 is 0 Å². The van der Waals surface area contributed by atoms with Crippen LogP contribution in [0.1, 0.15) is 22.2 Å². The van der Waals surface area contributed by atoms with Gasteiger partial charge in [0, 0.05) is 47.1 Å². The fourth-order valence-electron chi connectivity index (χ4n) is 7.14. The summed E-state index contributed by atoms with van der Waals surface area (Å²) in [6.45, 7) is 0. The normalized spacial score (nSPS) is 15.2. The Morgan fingerprint density at radius 2 is 1.44 bits per heavy atom. The van der Waals surface area contributed by atoms with Crippen molar-refractivity contribution in [3.05, 3.63) is 142 Å². The van der Waals surface area contributed by atoms with Gasteiger partial charge in [0.2, 0.25) is 0 Å². The Morgan fingerprint density at radius 1 is 0.674 bits per heavy atom. The van der Waals surface area contributed by atoms with Gasteiger partial charge in [-0.2, -0.15) is 0 Å². The summed E-state index contributed by atoms with van der Waals surface area (Å²) in [5.41, 5.74) is 8.20. The standard InChI is InChI=1S/C38H22BrN3S/c39-28-19-16-21-14-18-25-24-17-15-23(20-30(24)42-29-12-6-4-10-26(29)33(28)32(21)36(25)42)38-40-34(22-8-2-1-3-9-22)37-35(41-38)27-11-5-7-13-31(27)43-37/h1-20,38,41H. The molecule has 0 saturated carbocycles. The minimum absolute atomic E-state index is 0.212. The molecule has 0 aliphatic carbocycles. The van der Waals surface area contributed by atoms with Gasteiger partial charge in [0.05, 0.1) is 32.8 Å². The van der Waals surface area contributed by atoms with Crippen molar-refractivity contribution in [2.24, 2.45) is 4.99 Å². The van der Waals surface area contributed by atoms with Crippen LogP contribution in [-0.2, 0) is 0 Å². The lowest BCUT2D eigenvalue weighted by molar-refractivity contribution is 0.834. The molecule has 4 heterocycles. The maximum atomic E-state index is 5.39. The number of thiophene rings is 1. The zero-order chi connectivity index (χ0) is 28.2. The SMILES string of the molecule is Brc1ccc2ccc3c4ccc(C5N=C(c6ccccc6)c6sc7ccccc7c6N5)cc4n4c5ccccc5c1c2c34. The summed E-state index contributed by atoms with van der Waals surface area (Å²) in [6.07, 6.45) is -0.212. The monoisotopic (exact) mass is 631 g/mol. The van der Waals surface area contributed by atoms with Gasteiger partial charge in [0.15, 0.2) is 0 Å². The lowest BCUT2D eigenvalue weighted by Gasteiger charge is -2.24. The van der Waals surface area contributed by atoms with E-state index in [1.165, 1.54) is 69.5 Å². The van der Waals surface area contributed by atoms with E-state index in [0.29, 0.717) is 0 Å². The number of pyridine rings is 1. The van der Waals surface area contributed by atoms with E-state index in [9.17, 15) is 0 Å². The van der Waals surface area contributed by atoms with Gasteiger partial charge in [0.1, 0.15) is 6.17 Å². The van der Waals surface area contributed by atoms with Gasteiger partial charge in [-0.15, -0.1) is 11.3 Å². The highest BCUT2D eigenvalue weighted by Gasteiger charge is 2.27. The topological polar surface area (TPSA) is 28.8 Å². The van der Waals surface area contributed by atoms with Crippen LogP contribution in [-0.4, -0.2) is 10.1 Å². The fourth-order valence-corrected chi connectivity index (χ4v) is 8.87. The molecule has 43 heavy (non-hydrogen) atoms. The second-order valence-corrected chi connectivity index (χ2v) is 13.2. The van der Waals surface area contributed by atoms with E-state index in [-0.39, 0.29) is 6.17 Å². The Balaban J connectivity index is 1.27. The van der Waals surface area contributed by atoms with Gasteiger partial charge < -0.3 is 9.72 Å². The Morgan fingerprint density at radius 3 is 2.35 bits per heavy atom. The molecule has 1 aliphatic rings. The molecule has 1 aliphatic heterocycles. The molecule has 1 atom stereocenters. The number of halogens is 1. The summed E-state index contributed by atoms with van der Waals surface area (Å²) in [5.74, 6) is 0. The lowest BCUT2D eigenvalue weighted by Crippen LogP contribution is -2.19. The van der Waals surface area contributed by atoms with Crippen LogP contribution in [0, 0.1) is 0 Å². The minimum Gasteiger partial charge on any atom is -0.358 e. The number of hydrogen-bond acceptors (Lipinski definition) is 3. The Bertz CT molecular complexity index is 2610. The molecule has 202 valence electrons. The van der Waals surface area contributed by atoms with Gasteiger partial charge in [0.25, 0.3) is 0 Å². The van der Waals surface area contributed by atoms with Crippen molar-refractivity contribution < 1.29 is 0 Å². The van der Waals surface area contributed by atoms with E-state index in [0.717, 1.165) is 21.3 Å². The maximum absolute atomic E-state index is 5.39. The molecule has 9 aromatic rings. The molecule has 3 nitrogen and oxygen atoms in total. The number of hydrogen-bond donors (Lipinski definition) is 1. The van der Waals surface area contributed by atoms with E-state index in [2.05, 4.69) is 147 Å². The summed E-state index contributed by atoms with van der Waals surface area (Å²) in [5, 5.41) is 12.7. The van der Waals surface area contributed by atoms with Crippen LogP contribution in [0.5, 0.6) is 0 Å². The number of aliphatic imine (C=N–C) groups is 1. The van der Waals surface area contributed by atoms with Gasteiger partial charge >= 0.3 is 0 Å². The van der Waals surface area contributed by atoms with Crippen molar-refractivity contribution in [2.45, 2.75) is 6.17 Å². The first-order valence-electron chi connectivity index (χ1n) is 14.5. The average Bonchev–Trinajstić information content (AvgIpc) is 3.61. The molecule has 1 N–H and O–H groups in total. The largest absolute Gasteiger partial charge is 0.358 e. The molecular weight excluding hydrogens is 610 g/mol. The second-order valence-electron chi connectivity index (χ2n) is 11.3. The third-order valence-electron chi connectivity index (χ3n) is 9.01. The maximum Gasteiger partial charge on any atom is 0.145 e. The van der Waals surface area contributed by atoms with Gasteiger partial charge in [-0.25, -0.2) is 0 Å². The lowest BCUT2D eigenvalue weighted by atomic mass is 9.98. The molecule has 0 bridgehead atoms. The number of rotatable bonds is 2. The number of anilines is 1. The van der Waals surface area contributed by atoms with Crippen LogP contribution in [0.15, 0.2) is 131 Å². The second kappa shape index (κ2) is 8.66. The zero-order valence-electron chi connectivity index (χ0n) is 22.8. The Kier molecular flexibility index (Phi) is 4.80. The van der Waals surface area contributed by atoms with E-state index in [1.54, 1.807) is 0 Å². The Hall–Kier alpha value is -4.71. The first kappa shape index (κ1) is 23.8. The molecule has 1 unspecified atom stereocenters. The smallest absolute Gasteiger partial charge is 0.145 e. The van der Waals surface area contributed by atoms with E-state index < -0.39 is 0 Å². The van der Waals surface area contributed by atoms with Crippen molar-refractivity contribution in [1.29, 1.82) is 0 Å². The van der Waals surface area contributed by atoms with Crippen LogP contribution in [0.25, 0.3) is 59.0 Å². The first-order valence-corrected chi connectivity index (χ1v) is 16.1. The minimum atomic E-state index is -0.212. The Labute approximate surface area is 259 Å². The molecule has 0 amide bonds. The molecule has 10 rings (SSSR count). The van der Waals surface area contributed by atoms with Crippen molar-refractivity contribution >= 4 is 97.6 Å². The molecular formula is C38H22BrN3S. The van der Waals surface area contributed by atoms with Gasteiger partial charge in [-0.05, 0) is 35.2 Å². The van der Waals surface area contributed by atoms with E-state index in [1.807, 2.05) is 11.3 Å². The highest BCUT2D eigenvalue weighted by atomic mass is 79.9. The summed E-state index contributed by atoms with van der Waals surface area (Å²) in [6, 6.07) is 43.9. The molecule has 0 saturated heterocycles. The van der Waals surface area contributed by atoms with Crippen molar-refractivity contribution in [3.63, 3.8) is 0 Å². The summed E-state index contributed by atoms with van der Waals surface area (Å²) in [4.78, 5) is 6.59. The molecule has 0 radical (unpaired) electrons. The first-order chi connectivity index (χ1) is 21.2.